The van der Waals surface area contributed by atoms with Gasteiger partial charge in [-0.2, -0.15) is 25.9 Å². The zero-order valence-corrected chi connectivity index (χ0v) is 17.9. The molecule has 32 heavy (non-hydrogen) atoms. The number of carbonyl (C=O) groups excluding carboxylic acids is 1. The SMILES string of the molecule is CON=C(C)c1cc(Oc2ncccn2)ccc1N(C(=O)C1CCC1)S(=O)(=O)C(F)(F)F. The van der Waals surface area contributed by atoms with E-state index in [-0.39, 0.29) is 27.3 Å². The van der Waals surface area contributed by atoms with Crippen molar-refractivity contribution < 1.29 is 36.0 Å². The molecule has 1 heterocycles. The molecule has 0 spiro atoms. The van der Waals surface area contributed by atoms with Gasteiger partial charge in [-0.05, 0) is 44.0 Å². The van der Waals surface area contributed by atoms with Gasteiger partial charge < -0.3 is 9.57 Å². The van der Waals surface area contributed by atoms with Crippen molar-refractivity contribution in [2.45, 2.75) is 31.7 Å². The minimum atomic E-state index is -6.03. The summed E-state index contributed by atoms with van der Waals surface area (Å²) in [7, 11) is -4.82. The number of benzene rings is 1. The van der Waals surface area contributed by atoms with Crippen LogP contribution in [0.15, 0.2) is 41.8 Å². The Morgan fingerprint density at radius 3 is 2.41 bits per heavy atom. The Bertz CT molecular complexity index is 1120. The number of ether oxygens (including phenoxy) is 1. The Hall–Kier alpha value is -3.22. The van der Waals surface area contributed by atoms with E-state index in [1.54, 1.807) is 6.07 Å². The number of alkyl halides is 3. The van der Waals surface area contributed by atoms with E-state index in [1.807, 2.05) is 0 Å². The Morgan fingerprint density at radius 2 is 1.88 bits per heavy atom. The second-order valence-electron chi connectivity index (χ2n) is 6.85. The van der Waals surface area contributed by atoms with Crippen LogP contribution in [0, 0.1) is 5.92 Å². The average molecular weight is 472 g/mol. The van der Waals surface area contributed by atoms with Gasteiger partial charge in [0.15, 0.2) is 0 Å². The molecule has 0 unspecified atom stereocenters. The number of nitrogens with zero attached hydrogens (tertiary/aromatic N) is 4. The highest BCUT2D eigenvalue weighted by Gasteiger charge is 2.54. The third-order valence-corrected chi connectivity index (χ3v) is 6.19. The van der Waals surface area contributed by atoms with Crippen molar-refractivity contribution in [2.24, 2.45) is 11.1 Å². The maximum absolute atomic E-state index is 13.5. The Balaban J connectivity index is 2.16. The Labute approximate surface area is 181 Å². The number of rotatable bonds is 7. The lowest BCUT2D eigenvalue weighted by Gasteiger charge is -2.32. The molecule has 3 rings (SSSR count). The van der Waals surface area contributed by atoms with E-state index in [0.717, 1.165) is 6.07 Å². The molecule has 2 aromatic rings. The number of carbonyl (C=O) groups is 1. The van der Waals surface area contributed by atoms with Crippen molar-refractivity contribution in [1.29, 1.82) is 0 Å². The monoisotopic (exact) mass is 472 g/mol. The third kappa shape index (κ3) is 4.66. The lowest BCUT2D eigenvalue weighted by atomic mass is 9.84. The van der Waals surface area contributed by atoms with Crippen LogP contribution >= 0.6 is 0 Å². The van der Waals surface area contributed by atoms with Crippen LogP contribution in [0.2, 0.25) is 0 Å². The zero-order valence-electron chi connectivity index (χ0n) is 17.0. The van der Waals surface area contributed by atoms with E-state index in [2.05, 4.69) is 15.1 Å². The number of halogens is 3. The Morgan fingerprint density at radius 1 is 1.22 bits per heavy atom. The summed E-state index contributed by atoms with van der Waals surface area (Å²) in [5.41, 5.74) is -6.30. The van der Waals surface area contributed by atoms with Crippen LogP contribution in [0.4, 0.5) is 18.9 Å². The van der Waals surface area contributed by atoms with Crippen molar-refractivity contribution in [1.82, 2.24) is 9.97 Å². The number of oxime groups is 1. The van der Waals surface area contributed by atoms with Crippen molar-refractivity contribution in [3.8, 4) is 11.8 Å². The van der Waals surface area contributed by atoms with Gasteiger partial charge in [0.25, 0.3) is 0 Å². The summed E-state index contributed by atoms with van der Waals surface area (Å²) < 4.78 is 70.6. The summed E-state index contributed by atoms with van der Waals surface area (Å²) in [4.78, 5) is 25.3. The lowest BCUT2D eigenvalue weighted by Crippen LogP contribution is -2.48. The molecule has 1 amide bonds. The van der Waals surface area contributed by atoms with Crippen molar-refractivity contribution in [3.63, 3.8) is 0 Å². The fraction of sp³-hybridized carbons (Fsp3) is 0.368. The van der Waals surface area contributed by atoms with E-state index >= 15 is 0 Å². The van der Waals surface area contributed by atoms with Gasteiger partial charge in [-0.1, -0.05) is 11.6 Å². The number of hydrogen-bond acceptors (Lipinski definition) is 8. The summed E-state index contributed by atoms with van der Waals surface area (Å²) >= 11 is 0. The molecule has 1 aliphatic rings. The summed E-state index contributed by atoms with van der Waals surface area (Å²) in [6.07, 6.45) is 4.07. The van der Waals surface area contributed by atoms with Crippen LogP contribution in [0.3, 0.4) is 0 Å². The smallest absolute Gasteiger partial charge is 0.424 e. The Kier molecular flexibility index (Phi) is 6.67. The largest absolute Gasteiger partial charge is 0.517 e. The third-order valence-electron chi connectivity index (χ3n) is 4.74. The van der Waals surface area contributed by atoms with Gasteiger partial charge in [-0.15, -0.1) is 0 Å². The molecule has 0 aliphatic heterocycles. The number of anilines is 1. The molecule has 1 aromatic carbocycles. The van der Waals surface area contributed by atoms with Crippen molar-refractivity contribution >= 4 is 27.3 Å². The van der Waals surface area contributed by atoms with E-state index in [0.29, 0.717) is 19.3 Å². The first-order valence-corrected chi connectivity index (χ1v) is 10.8. The zero-order chi connectivity index (χ0) is 23.5. The van der Waals surface area contributed by atoms with Crippen molar-refractivity contribution in [2.75, 3.05) is 11.4 Å². The molecule has 0 atom stereocenters. The summed E-state index contributed by atoms with van der Waals surface area (Å²) in [5.74, 6) is -1.89. The second-order valence-corrected chi connectivity index (χ2v) is 8.63. The molecule has 0 saturated heterocycles. The number of aromatic nitrogens is 2. The highest BCUT2D eigenvalue weighted by Crippen LogP contribution is 2.39. The van der Waals surface area contributed by atoms with Crippen molar-refractivity contribution in [3.05, 3.63) is 42.2 Å². The van der Waals surface area contributed by atoms with Crippen LogP contribution in [0.5, 0.6) is 11.8 Å². The number of sulfonamides is 1. The minimum Gasteiger partial charge on any atom is -0.424 e. The van der Waals surface area contributed by atoms with Gasteiger partial charge in [0.2, 0.25) is 5.91 Å². The number of amides is 1. The van der Waals surface area contributed by atoms with E-state index < -0.39 is 33.0 Å². The second kappa shape index (κ2) is 9.10. The highest BCUT2D eigenvalue weighted by atomic mass is 32.2. The molecule has 172 valence electrons. The highest BCUT2D eigenvalue weighted by molar-refractivity contribution is 7.94. The van der Waals surface area contributed by atoms with Gasteiger partial charge in [0.1, 0.15) is 12.9 Å². The van der Waals surface area contributed by atoms with E-state index in [4.69, 9.17) is 9.57 Å². The van der Waals surface area contributed by atoms with Gasteiger partial charge >= 0.3 is 21.5 Å². The summed E-state index contributed by atoms with van der Waals surface area (Å²) in [5, 5.41) is 3.68. The van der Waals surface area contributed by atoms with Crippen LogP contribution in [0.1, 0.15) is 31.7 Å². The predicted molar refractivity (Wildman–Crippen MR) is 108 cm³/mol. The summed E-state index contributed by atoms with van der Waals surface area (Å²) in [6.45, 7) is 1.39. The van der Waals surface area contributed by atoms with Gasteiger partial charge in [-0.3, -0.25) is 4.79 Å². The normalized spacial score (nSPS) is 15.1. The van der Waals surface area contributed by atoms with E-state index in [1.165, 1.54) is 38.6 Å². The molecule has 0 radical (unpaired) electrons. The molecule has 0 bridgehead atoms. The number of hydrogen-bond donors (Lipinski definition) is 0. The molecule has 1 aliphatic carbocycles. The molecular formula is C19H19F3N4O5S. The fourth-order valence-corrected chi connectivity index (χ4v) is 3.98. The lowest BCUT2D eigenvalue weighted by molar-refractivity contribution is -0.123. The van der Waals surface area contributed by atoms with E-state index in [9.17, 15) is 26.4 Å². The molecule has 9 nitrogen and oxygen atoms in total. The minimum absolute atomic E-state index is 0.0192. The van der Waals surface area contributed by atoms with Crippen LogP contribution in [-0.4, -0.2) is 42.6 Å². The fourth-order valence-electron chi connectivity index (χ4n) is 2.97. The average Bonchev–Trinajstić information content (AvgIpc) is 2.67. The molecular weight excluding hydrogens is 453 g/mol. The molecule has 1 fully saturated rings. The van der Waals surface area contributed by atoms with Crippen LogP contribution in [0.25, 0.3) is 0 Å². The van der Waals surface area contributed by atoms with Crippen LogP contribution in [-0.2, 0) is 19.7 Å². The van der Waals surface area contributed by atoms with Gasteiger partial charge in [0, 0.05) is 23.9 Å². The summed E-state index contributed by atoms with van der Waals surface area (Å²) in [6, 6.07) is 5.00. The maximum atomic E-state index is 13.5. The van der Waals surface area contributed by atoms with Gasteiger partial charge in [-0.25, -0.2) is 9.97 Å². The van der Waals surface area contributed by atoms with Crippen LogP contribution < -0.4 is 9.04 Å². The van der Waals surface area contributed by atoms with Gasteiger partial charge in [0.05, 0.1) is 11.4 Å². The first-order chi connectivity index (χ1) is 15.1. The molecule has 0 N–H and O–H groups in total. The topological polar surface area (TPSA) is 111 Å². The standard InChI is InChI=1S/C19H19F3N4O5S/c1-12(25-30-2)15-11-14(31-18-23-9-4-10-24-18)7-8-16(15)26(17(27)13-5-3-6-13)32(28,29)19(20,21)22/h4,7-11,13H,3,5-6H2,1-2H3. The quantitative estimate of drug-likeness (QED) is 0.447. The first-order valence-electron chi connectivity index (χ1n) is 9.38. The maximum Gasteiger partial charge on any atom is 0.517 e. The molecule has 1 saturated carbocycles. The molecule has 1 aromatic heterocycles. The molecule has 13 heteroatoms. The predicted octanol–water partition coefficient (Wildman–Crippen LogP) is 3.62. The first kappa shape index (κ1) is 23.4.